The van der Waals surface area contributed by atoms with Crippen LogP contribution in [0.5, 0.6) is 0 Å². The van der Waals surface area contributed by atoms with Gasteiger partial charge in [0, 0.05) is 17.4 Å². The first-order valence-corrected chi connectivity index (χ1v) is 6.68. The normalized spacial score (nSPS) is 14.1. The zero-order valence-corrected chi connectivity index (χ0v) is 10.9. The van der Waals surface area contributed by atoms with Gasteiger partial charge in [-0.25, -0.2) is 8.78 Å². The monoisotopic (exact) mass is 275 g/mol. The van der Waals surface area contributed by atoms with E-state index in [1.807, 2.05) is 6.26 Å². The van der Waals surface area contributed by atoms with Crippen molar-refractivity contribution in [2.75, 3.05) is 12.9 Å². The van der Waals surface area contributed by atoms with Crippen LogP contribution in [0.1, 0.15) is 17.3 Å². The molecule has 0 aliphatic carbocycles. The van der Waals surface area contributed by atoms with Gasteiger partial charge in [0.15, 0.2) is 0 Å². The summed E-state index contributed by atoms with van der Waals surface area (Å²) in [6.07, 6.45) is 1.81. The number of rotatable bonds is 5. The maximum atomic E-state index is 13.4. The summed E-state index contributed by atoms with van der Waals surface area (Å²) in [6, 6.07) is 2.47. The lowest BCUT2D eigenvalue weighted by molar-refractivity contribution is 0.0932. The van der Waals surface area contributed by atoms with Crippen LogP contribution in [0.25, 0.3) is 0 Å². The Kier molecular flexibility index (Phi) is 5.55. The van der Waals surface area contributed by atoms with Gasteiger partial charge in [-0.1, -0.05) is 0 Å². The van der Waals surface area contributed by atoms with Gasteiger partial charge in [-0.15, -0.1) is 0 Å². The molecule has 2 N–H and O–H groups in total. The molecule has 1 amide bonds. The van der Waals surface area contributed by atoms with E-state index < -0.39 is 17.5 Å². The number of aliphatic hydroxyl groups is 1. The predicted octanol–water partition coefficient (Wildman–Crippen LogP) is 1.81. The number of hydrogen-bond donors (Lipinski definition) is 2. The summed E-state index contributed by atoms with van der Waals surface area (Å²) in [7, 11) is 0. The van der Waals surface area contributed by atoms with E-state index in [1.165, 1.54) is 11.8 Å². The van der Waals surface area contributed by atoms with Crippen LogP contribution in [0.4, 0.5) is 8.78 Å². The molecule has 0 saturated heterocycles. The molecule has 0 heterocycles. The molecule has 0 aliphatic rings. The second-order valence-corrected chi connectivity index (χ2v) is 4.92. The topological polar surface area (TPSA) is 49.3 Å². The lowest BCUT2D eigenvalue weighted by Crippen LogP contribution is -2.41. The minimum absolute atomic E-state index is 0.0888. The van der Waals surface area contributed by atoms with Crippen LogP contribution < -0.4 is 5.32 Å². The molecule has 0 bridgehead atoms. The van der Waals surface area contributed by atoms with Gasteiger partial charge < -0.3 is 10.4 Å². The maximum absolute atomic E-state index is 13.4. The van der Waals surface area contributed by atoms with Crippen LogP contribution in [0.2, 0.25) is 0 Å². The van der Waals surface area contributed by atoms with Crippen LogP contribution in [0, 0.1) is 11.6 Å². The van der Waals surface area contributed by atoms with E-state index in [4.69, 9.17) is 5.11 Å². The fourth-order valence-electron chi connectivity index (χ4n) is 1.49. The predicted molar refractivity (Wildman–Crippen MR) is 67.7 cm³/mol. The first-order chi connectivity index (χ1) is 8.49. The Morgan fingerprint density at radius 2 is 2.17 bits per heavy atom. The second kappa shape index (κ2) is 6.70. The number of hydrogen-bond acceptors (Lipinski definition) is 3. The third-order valence-corrected chi connectivity index (χ3v) is 3.74. The van der Waals surface area contributed by atoms with Gasteiger partial charge in [0.2, 0.25) is 0 Å². The molecule has 3 nitrogen and oxygen atoms in total. The average Bonchev–Trinajstić information content (AvgIpc) is 2.30. The van der Waals surface area contributed by atoms with Gasteiger partial charge in [-0.05, 0) is 25.3 Å². The molecule has 1 aromatic rings. The number of amides is 1. The molecule has 6 heteroatoms. The molecule has 1 rings (SSSR count). The van der Waals surface area contributed by atoms with Gasteiger partial charge in [-0.3, -0.25) is 4.79 Å². The Labute approximate surface area is 109 Å². The van der Waals surface area contributed by atoms with Crippen molar-refractivity contribution < 1.29 is 18.7 Å². The molecule has 1 aromatic carbocycles. The third kappa shape index (κ3) is 3.68. The van der Waals surface area contributed by atoms with Gasteiger partial charge in [0.1, 0.15) is 11.6 Å². The van der Waals surface area contributed by atoms with Crippen molar-refractivity contribution >= 4 is 17.7 Å². The Balaban J connectivity index is 2.76. The van der Waals surface area contributed by atoms with Crippen LogP contribution in [0.3, 0.4) is 0 Å². The number of carbonyl (C=O) groups is 1. The van der Waals surface area contributed by atoms with Gasteiger partial charge in [0.25, 0.3) is 5.91 Å². The molecule has 0 aliphatic heterocycles. The molecular formula is C12H15F2NO2S. The van der Waals surface area contributed by atoms with Gasteiger partial charge >= 0.3 is 0 Å². The van der Waals surface area contributed by atoms with Crippen molar-refractivity contribution in [3.05, 3.63) is 35.4 Å². The number of carbonyl (C=O) groups excluding carboxylic acids is 1. The highest BCUT2D eigenvalue weighted by molar-refractivity contribution is 7.99. The molecule has 18 heavy (non-hydrogen) atoms. The Bertz CT molecular complexity index is 425. The summed E-state index contributed by atoms with van der Waals surface area (Å²) < 4.78 is 26.1. The molecule has 0 aromatic heterocycles. The second-order valence-electron chi connectivity index (χ2n) is 3.84. The molecule has 0 saturated carbocycles. The largest absolute Gasteiger partial charge is 0.395 e. The highest BCUT2D eigenvalue weighted by Crippen LogP contribution is 2.13. The minimum atomic E-state index is -0.899. The summed E-state index contributed by atoms with van der Waals surface area (Å²) in [5, 5.41) is 11.5. The number of benzene rings is 1. The minimum Gasteiger partial charge on any atom is -0.395 e. The SMILES string of the molecule is CSC(CO)C(C)NC(=O)c1ccc(F)cc1F. The van der Waals surface area contributed by atoms with E-state index in [2.05, 4.69) is 5.32 Å². The van der Waals surface area contributed by atoms with Crippen LogP contribution >= 0.6 is 11.8 Å². The van der Waals surface area contributed by atoms with E-state index in [9.17, 15) is 13.6 Å². The first-order valence-electron chi connectivity index (χ1n) is 5.39. The Hall–Kier alpha value is -1.14. The molecule has 100 valence electrons. The summed E-state index contributed by atoms with van der Waals surface area (Å²) in [5.74, 6) is -2.24. The quantitative estimate of drug-likeness (QED) is 0.861. The first kappa shape index (κ1) is 14.9. The molecule has 0 spiro atoms. The highest BCUT2D eigenvalue weighted by Gasteiger charge is 2.20. The Morgan fingerprint density at radius 3 is 2.67 bits per heavy atom. The zero-order chi connectivity index (χ0) is 13.7. The zero-order valence-electron chi connectivity index (χ0n) is 10.1. The average molecular weight is 275 g/mol. The van der Waals surface area contributed by atoms with Crippen molar-refractivity contribution in [2.24, 2.45) is 0 Å². The van der Waals surface area contributed by atoms with Crippen molar-refractivity contribution in [2.45, 2.75) is 18.2 Å². The number of nitrogens with one attached hydrogen (secondary N) is 1. The Morgan fingerprint density at radius 1 is 1.50 bits per heavy atom. The fraction of sp³-hybridized carbons (Fsp3) is 0.417. The lowest BCUT2D eigenvalue weighted by Gasteiger charge is -2.21. The summed E-state index contributed by atoms with van der Waals surface area (Å²) in [6.45, 7) is 1.63. The molecule has 2 unspecified atom stereocenters. The molecule has 0 radical (unpaired) electrons. The van der Waals surface area contributed by atoms with E-state index in [0.717, 1.165) is 12.1 Å². The van der Waals surface area contributed by atoms with Crippen molar-refractivity contribution in [1.82, 2.24) is 5.32 Å². The van der Waals surface area contributed by atoms with Crippen LogP contribution in [0.15, 0.2) is 18.2 Å². The van der Waals surface area contributed by atoms with Crippen molar-refractivity contribution in [1.29, 1.82) is 0 Å². The smallest absolute Gasteiger partial charge is 0.254 e. The molecule has 2 atom stereocenters. The number of halogens is 2. The van der Waals surface area contributed by atoms with E-state index in [-0.39, 0.29) is 23.5 Å². The summed E-state index contributed by atoms with van der Waals surface area (Å²) in [4.78, 5) is 11.8. The van der Waals surface area contributed by atoms with Crippen molar-refractivity contribution in [3.8, 4) is 0 Å². The summed E-state index contributed by atoms with van der Waals surface area (Å²) >= 11 is 1.40. The maximum Gasteiger partial charge on any atom is 0.254 e. The van der Waals surface area contributed by atoms with Gasteiger partial charge in [0.05, 0.1) is 12.2 Å². The molecular weight excluding hydrogens is 260 g/mol. The lowest BCUT2D eigenvalue weighted by atomic mass is 10.1. The number of thioether (sulfide) groups is 1. The van der Waals surface area contributed by atoms with Gasteiger partial charge in [-0.2, -0.15) is 11.8 Å². The van der Waals surface area contributed by atoms with E-state index in [0.29, 0.717) is 6.07 Å². The molecule has 0 fully saturated rings. The van der Waals surface area contributed by atoms with Crippen LogP contribution in [-0.4, -0.2) is 35.2 Å². The highest BCUT2D eigenvalue weighted by atomic mass is 32.2. The van der Waals surface area contributed by atoms with Crippen molar-refractivity contribution in [3.63, 3.8) is 0 Å². The van der Waals surface area contributed by atoms with E-state index in [1.54, 1.807) is 6.92 Å². The van der Waals surface area contributed by atoms with E-state index >= 15 is 0 Å². The standard InChI is InChI=1S/C12H15F2NO2S/c1-7(11(6-16)18-2)15-12(17)9-4-3-8(13)5-10(9)14/h3-5,7,11,16H,6H2,1-2H3,(H,15,17). The third-order valence-electron chi connectivity index (χ3n) is 2.57. The summed E-state index contributed by atoms with van der Waals surface area (Å²) in [5.41, 5.74) is -0.207. The van der Waals surface area contributed by atoms with Crippen LogP contribution in [-0.2, 0) is 0 Å². The fourth-order valence-corrected chi connectivity index (χ4v) is 2.11. The number of aliphatic hydroxyl groups excluding tert-OH is 1.